The Bertz CT molecular complexity index is 531. The van der Waals surface area contributed by atoms with E-state index < -0.39 is 0 Å². The van der Waals surface area contributed by atoms with Crippen molar-refractivity contribution >= 4 is 24.2 Å². The topological polar surface area (TPSA) is 75.4 Å². The molecule has 1 heterocycles. The zero-order valence-electron chi connectivity index (χ0n) is 13.7. The molecule has 1 aliphatic heterocycles. The number of nitrogens with two attached hydrogens (primary N) is 1. The van der Waals surface area contributed by atoms with E-state index in [0.29, 0.717) is 12.1 Å². The van der Waals surface area contributed by atoms with Crippen molar-refractivity contribution < 1.29 is 9.59 Å². The Morgan fingerprint density at radius 1 is 1.30 bits per heavy atom. The van der Waals surface area contributed by atoms with E-state index in [2.05, 4.69) is 5.32 Å². The van der Waals surface area contributed by atoms with Crippen molar-refractivity contribution in [2.45, 2.75) is 51.7 Å². The fraction of sp³-hybridized carbons (Fsp3) is 0.529. The number of nitrogens with zero attached hydrogens (tertiary/aromatic N) is 1. The van der Waals surface area contributed by atoms with E-state index in [4.69, 9.17) is 5.73 Å². The highest BCUT2D eigenvalue weighted by atomic mass is 35.5. The minimum Gasteiger partial charge on any atom is -0.352 e. The average Bonchev–Trinajstić information content (AvgIpc) is 2.52. The summed E-state index contributed by atoms with van der Waals surface area (Å²) < 4.78 is 0. The van der Waals surface area contributed by atoms with Crippen LogP contribution >= 0.6 is 12.4 Å². The standard InChI is InChI=1S/C17H25N3O2.ClH/c1-12(18)16-5-3-4-10-20(16)17(22)15-8-6-14(7-9-15)11-19-13(2)21;/h6-9,12,16H,3-5,10-11,18H2,1-2H3,(H,19,21);1H. The number of carbonyl (C=O) groups excluding carboxylic acids is 2. The number of likely N-dealkylation sites (tertiary alicyclic amines) is 1. The molecule has 128 valence electrons. The number of piperidine rings is 1. The van der Waals surface area contributed by atoms with Gasteiger partial charge in [-0.05, 0) is 43.9 Å². The second-order valence-electron chi connectivity index (χ2n) is 6.03. The van der Waals surface area contributed by atoms with Crippen LogP contribution in [0.15, 0.2) is 24.3 Å². The van der Waals surface area contributed by atoms with Crippen molar-refractivity contribution in [1.82, 2.24) is 10.2 Å². The molecule has 0 bridgehead atoms. The Hall–Kier alpha value is -1.59. The lowest BCUT2D eigenvalue weighted by atomic mass is 9.96. The van der Waals surface area contributed by atoms with Crippen molar-refractivity contribution in [1.29, 1.82) is 0 Å². The monoisotopic (exact) mass is 339 g/mol. The van der Waals surface area contributed by atoms with E-state index in [9.17, 15) is 9.59 Å². The van der Waals surface area contributed by atoms with Gasteiger partial charge in [-0.1, -0.05) is 12.1 Å². The minimum atomic E-state index is -0.0618. The molecule has 3 N–H and O–H groups in total. The Morgan fingerprint density at radius 3 is 2.52 bits per heavy atom. The molecule has 1 aromatic rings. The Morgan fingerprint density at radius 2 is 1.96 bits per heavy atom. The number of hydrogen-bond acceptors (Lipinski definition) is 3. The molecular formula is C17H26ClN3O2. The molecule has 1 aliphatic rings. The van der Waals surface area contributed by atoms with Gasteiger partial charge in [-0.25, -0.2) is 0 Å². The summed E-state index contributed by atoms with van der Waals surface area (Å²) in [6, 6.07) is 7.53. The third-order valence-corrected chi connectivity index (χ3v) is 4.16. The number of carbonyl (C=O) groups is 2. The Balaban J connectivity index is 0.00000264. The van der Waals surface area contributed by atoms with E-state index in [1.165, 1.54) is 6.92 Å². The van der Waals surface area contributed by atoms with Crippen LogP contribution in [0.25, 0.3) is 0 Å². The van der Waals surface area contributed by atoms with E-state index in [1.807, 2.05) is 36.1 Å². The molecular weight excluding hydrogens is 314 g/mol. The van der Waals surface area contributed by atoms with Crippen LogP contribution in [0.1, 0.15) is 49.0 Å². The van der Waals surface area contributed by atoms with Gasteiger partial charge in [0.25, 0.3) is 5.91 Å². The molecule has 1 fully saturated rings. The van der Waals surface area contributed by atoms with Crippen molar-refractivity contribution in [2.24, 2.45) is 5.73 Å². The van der Waals surface area contributed by atoms with E-state index >= 15 is 0 Å². The van der Waals surface area contributed by atoms with Gasteiger partial charge in [-0.15, -0.1) is 12.4 Å². The molecule has 0 radical (unpaired) electrons. The number of benzene rings is 1. The number of amides is 2. The van der Waals surface area contributed by atoms with E-state index in [0.717, 1.165) is 31.4 Å². The van der Waals surface area contributed by atoms with Crippen LogP contribution in [0.2, 0.25) is 0 Å². The summed E-state index contributed by atoms with van der Waals surface area (Å²) in [5.41, 5.74) is 7.69. The van der Waals surface area contributed by atoms with Gasteiger partial charge in [0, 0.05) is 37.7 Å². The highest BCUT2D eigenvalue weighted by molar-refractivity contribution is 5.94. The van der Waals surface area contributed by atoms with Gasteiger partial charge >= 0.3 is 0 Å². The van der Waals surface area contributed by atoms with Crippen LogP contribution in [-0.4, -0.2) is 35.3 Å². The molecule has 1 aromatic carbocycles. The number of nitrogens with one attached hydrogen (secondary N) is 1. The summed E-state index contributed by atoms with van der Waals surface area (Å²) in [5, 5.41) is 2.75. The zero-order chi connectivity index (χ0) is 16.1. The van der Waals surface area contributed by atoms with Crippen molar-refractivity contribution in [3.8, 4) is 0 Å². The van der Waals surface area contributed by atoms with Gasteiger partial charge < -0.3 is 16.0 Å². The molecule has 5 nitrogen and oxygen atoms in total. The van der Waals surface area contributed by atoms with Crippen LogP contribution in [0.4, 0.5) is 0 Å². The summed E-state index contributed by atoms with van der Waals surface area (Å²) >= 11 is 0. The van der Waals surface area contributed by atoms with Gasteiger partial charge in [0.1, 0.15) is 0 Å². The van der Waals surface area contributed by atoms with Gasteiger partial charge in [-0.2, -0.15) is 0 Å². The summed E-state index contributed by atoms with van der Waals surface area (Å²) in [6.45, 7) is 4.71. The predicted octanol–water partition coefficient (Wildman–Crippen LogP) is 2.09. The second kappa shape index (κ2) is 8.89. The van der Waals surface area contributed by atoms with Gasteiger partial charge in [0.15, 0.2) is 0 Å². The molecule has 2 atom stereocenters. The molecule has 0 saturated carbocycles. The first-order valence-electron chi connectivity index (χ1n) is 7.89. The third-order valence-electron chi connectivity index (χ3n) is 4.16. The Labute approximate surface area is 144 Å². The SMILES string of the molecule is CC(=O)NCc1ccc(C(=O)N2CCCCC2C(C)N)cc1.Cl. The first-order chi connectivity index (χ1) is 10.5. The number of rotatable bonds is 4. The largest absolute Gasteiger partial charge is 0.352 e. The molecule has 0 aliphatic carbocycles. The quantitative estimate of drug-likeness (QED) is 0.882. The van der Waals surface area contributed by atoms with Gasteiger partial charge in [0.2, 0.25) is 5.91 Å². The lowest BCUT2D eigenvalue weighted by Crippen LogP contribution is -2.51. The van der Waals surface area contributed by atoms with Gasteiger partial charge in [-0.3, -0.25) is 9.59 Å². The maximum atomic E-state index is 12.7. The maximum Gasteiger partial charge on any atom is 0.254 e. The van der Waals surface area contributed by atoms with Crippen molar-refractivity contribution in [3.05, 3.63) is 35.4 Å². The third kappa shape index (κ3) is 5.22. The van der Waals surface area contributed by atoms with Crippen molar-refractivity contribution in [3.63, 3.8) is 0 Å². The minimum absolute atomic E-state index is 0. The van der Waals surface area contributed by atoms with E-state index in [-0.39, 0.29) is 36.3 Å². The molecule has 6 heteroatoms. The average molecular weight is 340 g/mol. The van der Waals surface area contributed by atoms with E-state index in [1.54, 1.807) is 0 Å². The smallest absolute Gasteiger partial charge is 0.254 e. The molecule has 1 saturated heterocycles. The number of halogens is 1. The zero-order valence-corrected chi connectivity index (χ0v) is 14.6. The molecule has 2 unspecified atom stereocenters. The summed E-state index contributed by atoms with van der Waals surface area (Å²) in [7, 11) is 0. The molecule has 2 amide bonds. The molecule has 0 aromatic heterocycles. The summed E-state index contributed by atoms with van der Waals surface area (Å²) in [6.07, 6.45) is 3.14. The highest BCUT2D eigenvalue weighted by Crippen LogP contribution is 2.21. The van der Waals surface area contributed by atoms with Crippen LogP contribution < -0.4 is 11.1 Å². The van der Waals surface area contributed by atoms with Crippen LogP contribution in [0, 0.1) is 0 Å². The lowest BCUT2D eigenvalue weighted by Gasteiger charge is -2.38. The van der Waals surface area contributed by atoms with Crippen LogP contribution in [-0.2, 0) is 11.3 Å². The Kier molecular flexibility index (Phi) is 7.52. The predicted molar refractivity (Wildman–Crippen MR) is 93.5 cm³/mol. The normalized spacial score (nSPS) is 18.7. The first-order valence-corrected chi connectivity index (χ1v) is 7.89. The second-order valence-corrected chi connectivity index (χ2v) is 6.03. The lowest BCUT2D eigenvalue weighted by molar-refractivity contribution is -0.119. The maximum absolute atomic E-state index is 12.7. The molecule has 0 spiro atoms. The fourth-order valence-electron chi connectivity index (χ4n) is 2.91. The summed E-state index contributed by atoms with van der Waals surface area (Å²) in [5.74, 6) is -0.0127. The molecule has 2 rings (SSSR count). The molecule has 23 heavy (non-hydrogen) atoms. The fourth-order valence-corrected chi connectivity index (χ4v) is 2.91. The summed E-state index contributed by atoms with van der Waals surface area (Å²) in [4.78, 5) is 25.5. The highest BCUT2D eigenvalue weighted by Gasteiger charge is 2.29. The van der Waals surface area contributed by atoms with Crippen molar-refractivity contribution in [2.75, 3.05) is 6.54 Å². The van der Waals surface area contributed by atoms with Gasteiger partial charge in [0.05, 0.1) is 0 Å². The first kappa shape index (κ1) is 19.5. The van der Waals surface area contributed by atoms with Crippen LogP contribution in [0.5, 0.6) is 0 Å². The van der Waals surface area contributed by atoms with Crippen LogP contribution in [0.3, 0.4) is 0 Å². The number of hydrogen-bond donors (Lipinski definition) is 2.